The van der Waals surface area contributed by atoms with E-state index in [1.54, 1.807) is 0 Å². The molecule has 1 aliphatic rings. The molecule has 0 spiro atoms. The van der Waals surface area contributed by atoms with Gasteiger partial charge in [-0.25, -0.2) is 4.98 Å². The third kappa shape index (κ3) is 5.92. The molecule has 1 atom stereocenters. The Morgan fingerprint density at radius 3 is 2.74 bits per heavy atom. The highest BCUT2D eigenvalue weighted by atomic mass is 35.5. The summed E-state index contributed by atoms with van der Waals surface area (Å²) in [6.45, 7) is 3.14. The Bertz CT molecular complexity index is 563. The predicted octanol–water partition coefficient (Wildman–Crippen LogP) is 3.80. The van der Waals surface area contributed by atoms with Gasteiger partial charge in [-0.2, -0.15) is 13.2 Å². The first-order valence-electron chi connectivity index (χ1n) is 7.43. The quantitative estimate of drug-likeness (QED) is 0.649. The minimum Gasteiger partial charge on any atom is -0.490 e. The largest absolute Gasteiger partial charge is 0.490 e. The molecule has 0 aromatic carbocycles. The summed E-state index contributed by atoms with van der Waals surface area (Å²) in [7, 11) is 0. The highest BCUT2D eigenvalue weighted by Crippen LogP contribution is 2.35. The summed E-state index contributed by atoms with van der Waals surface area (Å²) in [5.41, 5.74) is -0.549. The number of nitrogens with one attached hydrogen (secondary N) is 1. The van der Waals surface area contributed by atoms with Crippen LogP contribution >= 0.6 is 12.4 Å². The van der Waals surface area contributed by atoms with Crippen molar-refractivity contribution in [2.45, 2.75) is 44.8 Å². The van der Waals surface area contributed by atoms with Gasteiger partial charge in [0.25, 0.3) is 0 Å². The van der Waals surface area contributed by atoms with Crippen molar-refractivity contribution >= 4 is 12.4 Å². The van der Waals surface area contributed by atoms with Crippen molar-refractivity contribution in [3.8, 4) is 17.6 Å². The number of hydrogen-bond donors (Lipinski definition) is 1. The third-order valence-corrected chi connectivity index (χ3v) is 3.38. The van der Waals surface area contributed by atoms with Crippen molar-refractivity contribution < 1.29 is 17.9 Å². The lowest BCUT2D eigenvalue weighted by Crippen LogP contribution is -2.46. The number of alkyl halides is 3. The lowest BCUT2D eigenvalue weighted by Gasteiger charge is -2.27. The Morgan fingerprint density at radius 2 is 2.17 bits per heavy atom. The van der Waals surface area contributed by atoms with Crippen LogP contribution in [0.2, 0.25) is 0 Å². The van der Waals surface area contributed by atoms with Gasteiger partial charge >= 0.3 is 6.18 Å². The smallest absolute Gasteiger partial charge is 0.437 e. The molecule has 0 amide bonds. The summed E-state index contributed by atoms with van der Waals surface area (Å²) in [5, 5.41) is 3.08. The van der Waals surface area contributed by atoms with Crippen LogP contribution in [0.3, 0.4) is 0 Å². The second-order valence-corrected chi connectivity index (χ2v) is 5.22. The van der Waals surface area contributed by atoms with E-state index >= 15 is 0 Å². The molecule has 1 saturated heterocycles. The molecule has 7 heteroatoms. The minimum atomic E-state index is -4.53. The molecule has 3 nitrogen and oxygen atoms in total. The Hall–Kier alpha value is -1.45. The molecule has 0 saturated carbocycles. The van der Waals surface area contributed by atoms with Gasteiger partial charge in [0.2, 0.25) is 0 Å². The van der Waals surface area contributed by atoms with Crippen molar-refractivity contribution in [2.24, 2.45) is 0 Å². The first-order valence-corrected chi connectivity index (χ1v) is 7.43. The average Bonchev–Trinajstić information content (AvgIpc) is 2.41. The summed E-state index contributed by atoms with van der Waals surface area (Å²) in [4.78, 5) is 3.50. The molecular formula is C16H20ClF3N2O. The molecule has 1 aromatic heterocycles. The van der Waals surface area contributed by atoms with Gasteiger partial charge < -0.3 is 10.1 Å². The molecule has 0 radical (unpaired) electrons. The van der Waals surface area contributed by atoms with E-state index in [1.807, 2.05) is 0 Å². The van der Waals surface area contributed by atoms with Crippen molar-refractivity contribution in [1.29, 1.82) is 0 Å². The van der Waals surface area contributed by atoms with E-state index in [1.165, 1.54) is 6.07 Å². The van der Waals surface area contributed by atoms with Crippen LogP contribution in [0.25, 0.3) is 0 Å². The van der Waals surface area contributed by atoms with Gasteiger partial charge in [-0.15, -0.1) is 12.4 Å². The third-order valence-electron chi connectivity index (χ3n) is 3.38. The maximum Gasteiger partial charge on any atom is 0.437 e. The summed E-state index contributed by atoms with van der Waals surface area (Å²) in [6, 6.07) is 1.44. The van der Waals surface area contributed by atoms with Crippen LogP contribution in [0, 0.1) is 11.8 Å². The van der Waals surface area contributed by atoms with Gasteiger partial charge in [0, 0.05) is 24.2 Å². The number of nitrogens with zero attached hydrogens (tertiary/aromatic N) is 1. The highest BCUT2D eigenvalue weighted by molar-refractivity contribution is 5.85. The van der Waals surface area contributed by atoms with Gasteiger partial charge in [-0.1, -0.05) is 25.2 Å². The van der Waals surface area contributed by atoms with Crippen LogP contribution in [0.15, 0.2) is 12.3 Å². The number of hydrogen-bond acceptors (Lipinski definition) is 3. The lowest BCUT2D eigenvalue weighted by atomic mass is 10.1. The molecule has 1 fully saturated rings. The van der Waals surface area contributed by atoms with Crippen molar-refractivity contribution in [1.82, 2.24) is 10.3 Å². The van der Waals surface area contributed by atoms with Crippen molar-refractivity contribution in [2.75, 3.05) is 13.2 Å². The monoisotopic (exact) mass is 348 g/mol. The van der Waals surface area contributed by atoms with Gasteiger partial charge in [-0.05, 0) is 25.5 Å². The number of halogens is 4. The van der Waals surface area contributed by atoms with Crippen LogP contribution in [0.5, 0.6) is 5.75 Å². The van der Waals surface area contributed by atoms with Crippen LogP contribution in [-0.2, 0) is 6.18 Å². The van der Waals surface area contributed by atoms with Gasteiger partial charge in [-0.3, -0.25) is 0 Å². The molecule has 23 heavy (non-hydrogen) atoms. The molecule has 1 aliphatic heterocycles. The predicted molar refractivity (Wildman–Crippen MR) is 84.8 cm³/mol. The van der Waals surface area contributed by atoms with Gasteiger partial charge in [0.1, 0.15) is 6.61 Å². The number of pyridine rings is 1. The Balaban J connectivity index is 0.00000264. The van der Waals surface area contributed by atoms with Crippen LogP contribution in [0.1, 0.15) is 43.9 Å². The van der Waals surface area contributed by atoms with Crippen molar-refractivity contribution in [3.05, 3.63) is 23.5 Å². The second kappa shape index (κ2) is 8.99. The first kappa shape index (κ1) is 19.6. The molecule has 0 bridgehead atoms. The molecule has 0 aliphatic carbocycles. The number of rotatable bonds is 5. The van der Waals surface area contributed by atoms with Crippen LogP contribution in [-0.4, -0.2) is 24.2 Å². The maximum atomic E-state index is 13.0. The molecular weight excluding hydrogens is 329 g/mol. The number of ether oxygens (including phenoxy) is 1. The zero-order valence-corrected chi connectivity index (χ0v) is 13.7. The standard InChI is InChI=1S/C16H19F3N2O.ClH/c1-2-3-4-5-6-12-9-14(22-11-13-7-8-20-13)15(21-10-12)16(17,18)19;/h9-10,13,20H,2-4,7-8,11H2,1H3;1H. The van der Waals surface area contributed by atoms with E-state index < -0.39 is 11.9 Å². The Morgan fingerprint density at radius 1 is 1.43 bits per heavy atom. The van der Waals surface area contributed by atoms with Crippen LogP contribution in [0.4, 0.5) is 13.2 Å². The average molecular weight is 349 g/mol. The molecule has 2 rings (SSSR count). The summed E-state index contributed by atoms with van der Waals surface area (Å²) in [5.74, 6) is 5.53. The molecule has 2 heterocycles. The summed E-state index contributed by atoms with van der Waals surface area (Å²) in [6.07, 6.45) is 0.248. The van der Waals surface area contributed by atoms with Gasteiger partial charge in [0.05, 0.1) is 0 Å². The minimum absolute atomic E-state index is 0. The number of unbranched alkanes of at least 4 members (excludes halogenated alkanes) is 2. The van der Waals surface area contributed by atoms with E-state index in [9.17, 15) is 13.2 Å². The Kier molecular flexibility index (Phi) is 7.66. The fourth-order valence-corrected chi connectivity index (χ4v) is 1.95. The Labute approximate surface area is 140 Å². The molecule has 128 valence electrons. The summed E-state index contributed by atoms with van der Waals surface area (Å²) >= 11 is 0. The van der Waals surface area contributed by atoms with E-state index in [0.29, 0.717) is 5.56 Å². The second-order valence-electron chi connectivity index (χ2n) is 5.22. The molecule has 1 aromatic rings. The fraction of sp³-hybridized carbons (Fsp3) is 0.562. The van der Waals surface area contributed by atoms with E-state index in [2.05, 4.69) is 29.1 Å². The van der Waals surface area contributed by atoms with Gasteiger partial charge in [0.15, 0.2) is 11.4 Å². The molecule has 1 N–H and O–H groups in total. The van der Waals surface area contributed by atoms with E-state index in [-0.39, 0.29) is 30.8 Å². The molecule has 1 unspecified atom stereocenters. The fourth-order valence-electron chi connectivity index (χ4n) is 1.95. The van der Waals surface area contributed by atoms with E-state index in [0.717, 1.165) is 38.4 Å². The maximum absolute atomic E-state index is 13.0. The normalized spacial score (nSPS) is 16.6. The van der Waals surface area contributed by atoms with E-state index in [4.69, 9.17) is 4.74 Å². The lowest BCUT2D eigenvalue weighted by molar-refractivity contribution is -0.142. The first-order chi connectivity index (χ1) is 10.5. The van der Waals surface area contributed by atoms with Crippen molar-refractivity contribution in [3.63, 3.8) is 0 Å². The zero-order chi connectivity index (χ0) is 16.0. The highest BCUT2D eigenvalue weighted by Gasteiger charge is 2.36. The topological polar surface area (TPSA) is 34.1 Å². The zero-order valence-electron chi connectivity index (χ0n) is 12.9. The summed E-state index contributed by atoms with van der Waals surface area (Å²) < 4.78 is 44.2. The number of aromatic nitrogens is 1. The van der Waals surface area contributed by atoms with Crippen LogP contribution < -0.4 is 10.1 Å². The SMILES string of the molecule is CCCCC#Cc1cnc(C(F)(F)F)c(OCC2CCN2)c1.Cl.